The van der Waals surface area contributed by atoms with Crippen molar-refractivity contribution in [2.45, 2.75) is 13.0 Å². The van der Waals surface area contributed by atoms with Crippen LogP contribution in [0.3, 0.4) is 0 Å². The summed E-state index contributed by atoms with van der Waals surface area (Å²) in [6.45, 7) is 3.15. The number of aryl methyl sites for hydroxylation is 1. The second kappa shape index (κ2) is 4.91. The van der Waals surface area contributed by atoms with Gasteiger partial charge in [0.2, 0.25) is 11.9 Å². The number of carbonyl (C=O) groups is 1. The van der Waals surface area contributed by atoms with Crippen molar-refractivity contribution in [2.24, 2.45) is 14.1 Å². The van der Waals surface area contributed by atoms with Gasteiger partial charge in [0, 0.05) is 39.9 Å². The first kappa shape index (κ1) is 13.7. The molecular formula is C14H20N6O. The summed E-state index contributed by atoms with van der Waals surface area (Å²) in [5.41, 5.74) is 1.00. The fraction of sp³-hybridized carbons (Fsp3) is 0.500. The van der Waals surface area contributed by atoms with E-state index in [1.54, 1.807) is 4.90 Å². The van der Waals surface area contributed by atoms with Gasteiger partial charge < -0.3 is 14.4 Å². The molecule has 7 heteroatoms. The molecule has 3 rings (SSSR count). The monoisotopic (exact) mass is 288 g/mol. The third-order valence-corrected chi connectivity index (χ3v) is 4.17. The number of anilines is 1. The summed E-state index contributed by atoms with van der Waals surface area (Å²) < 4.78 is 3.95. The first-order chi connectivity index (χ1) is 9.99. The highest BCUT2D eigenvalue weighted by Crippen LogP contribution is 2.23. The number of hydrogen-bond acceptors (Lipinski definition) is 4. The van der Waals surface area contributed by atoms with Crippen molar-refractivity contribution in [3.05, 3.63) is 18.3 Å². The van der Waals surface area contributed by atoms with Crippen molar-refractivity contribution < 1.29 is 4.79 Å². The van der Waals surface area contributed by atoms with Gasteiger partial charge in [-0.3, -0.25) is 9.36 Å². The van der Waals surface area contributed by atoms with E-state index < -0.39 is 0 Å². The van der Waals surface area contributed by atoms with Crippen molar-refractivity contribution >= 4 is 11.9 Å². The molecule has 2 aromatic rings. The second-order valence-corrected chi connectivity index (χ2v) is 5.62. The van der Waals surface area contributed by atoms with Crippen LogP contribution in [0.5, 0.6) is 0 Å². The molecule has 1 unspecified atom stereocenters. The molecule has 112 valence electrons. The molecule has 2 aromatic heterocycles. The number of hydrogen-bond donors (Lipinski definition) is 0. The molecule has 1 fully saturated rings. The number of rotatable bonds is 2. The van der Waals surface area contributed by atoms with Crippen molar-refractivity contribution in [1.82, 2.24) is 24.2 Å². The lowest BCUT2D eigenvalue weighted by molar-refractivity contribution is -0.131. The normalized spacial score (nSPS) is 19.4. The zero-order valence-electron chi connectivity index (χ0n) is 12.8. The first-order valence-electron chi connectivity index (χ1n) is 7.00. The fourth-order valence-electron chi connectivity index (χ4n) is 2.69. The summed E-state index contributed by atoms with van der Waals surface area (Å²) in [6.07, 6.45) is 1.98. The Morgan fingerprint density at radius 1 is 1.24 bits per heavy atom. The predicted octanol–water partition coefficient (Wildman–Crippen LogP) is 0.487. The highest BCUT2D eigenvalue weighted by atomic mass is 16.2. The van der Waals surface area contributed by atoms with E-state index in [0.717, 1.165) is 24.0 Å². The minimum atomic E-state index is 0.108. The molecule has 1 aliphatic heterocycles. The Labute approximate surface area is 123 Å². The summed E-state index contributed by atoms with van der Waals surface area (Å²) in [6, 6.07) is 4.15. The molecule has 0 spiro atoms. The largest absolute Gasteiger partial charge is 0.348 e. The lowest BCUT2D eigenvalue weighted by Gasteiger charge is -2.37. The van der Waals surface area contributed by atoms with E-state index in [2.05, 4.69) is 10.2 Å². The first-order valence-corrected chi connectivity index (χ1v) is 7.00. The van der Waals surface area contributed by atoms with E-state index >= 15 is 0 Å². The van der Waals surface area contributed by atoms with Crippen LogP contribution in [-0.2, 0) is 18.9 Å². The zero-order chi connectivity index (χ0) is 15.1. The lowest BCUT2D eigenvalue weighted by Crippen LogP contribution is -2.54. The molecule has 0 aromatic carbocycles. The summed E-state index contributed by atoms with van der Waals surface area (Å²) in [7, 11) is 5.76. The Kier molecular flexibility index (Phi) is 3.19. The van der Waals surface area contributed by atoms with Gasteiger partial charge in [-0.05, 0) is 19.1 Å². The van der Waals surface area contributed by atoms with Gasteiger partial charge in [0.25, 0.3) is 0 Å². The van der Waals surface area contributed by atoms with Gasteiger partial charge in [-0.1, -0.05) is 0 Å². The zero-order valence-corrected chi connectivity index (χ0v) is 12.8. The van der Waals surface area contributed by atoms with Gasteiger partial charge in [0.05, 0.1) is 12.2 Å². The van der Waals surface area contributed by atoms with E-state index in [-0.39, 0.29) is 11.9 Å². The highest BCUT2D eigenvalue weighted by molar-refractivity contribution is 5.82. The van der Waals surface area contributed by atoms with Crippen LogP contribution >= 0.6 is 0 Å². The molecule has 0 saturated carbocycles. The molecule has 0 radical (unpaired) electrons. The van der Waals surface area contributed by atoms with Crippen LogP contribution in [0.1, 0.15) is 6.92 Å². The van der Waals surface area contributed by atoms with Crippen LogP contribution in [0, 0.1) is 0 Å². The third-order valence-electron chi connectivity index (χ3n) is 4.17. The van der Waals surface area contributed by atoms with Gasteiger partial charge >= 0.3 is 0 Å². The Balaban J connectivity index is 1.93. The van der Waals surface area contributed by atoms with E-state index in [1.807, 2.05) is 60.4 Å². The summed E-state index contributed by atoms with van der Waals surface area (Å²) >= 11 is 0. The van der Waals surface area contributed by atoms with Crippen LogP contribution in [0.25, 0.3) is 11.5 Å². The van der Waals surface area contributed by atoms with Crippen LogP contribution in [0.15, 0.2) is 18.3 Å². The molecule has 1 atom stereocenters. The maximum Gasteiger partial charge on any atom is 0.242 e. The highest BCUT2D eigenvalue weighted by Gasteiger charge is 2.30. The number of aromatic nitrogens is 4. The van der Waals surface area contributed by atoms with Gasteiger partial charge in [0.15, 0.2) is 5.82 Å². The van der Waals surface area contributed by atoms with Crippen molar-refractivity contribution in [3.63, 3.8) is 0 Å². The molecular weight excluding hydrogens is 268 g/mol. The minimum absolute atomic E-state index is 0.108. The minimum Gasteiger partial charge on any atom is -0.348 e. The molecule has 1 amide bonds. The smallest absolute Gasteiger partial charge is 0.242 e. The van der Waals surface area contributed by atoms with Crippen molar-refractivity contribution in [2.75, 3.05) is 25.0 Å². The average molecular weight is 288 g/mol. The standard InChI is InChI=1S/C14H20N6O/c1-10-8-20(9-12(21)18(10)3)14-16-15-13(19(14)4)11-6-5-7-17(11)2/h5-7,10H,8-9H2,1-4H3. The van der Waals surface area contributed by atoms with Crippen LogP contribution in [0.4, 0.5) is 5.95 Å². The molecule has 0 aliphatic carbocycles. The molecule has 7 nitrogen and oxygen atoms in total. The van der Waals surface area contributed by atoms with E-state index in [4.69, 9.17) is 0 Å². The lowest BCUT2D eigenvalue weighted by atomic mass is 10.2. The Morgan fingerprint density at radius 3 is 2.62 bits per heavy atom. The van der Waals surface area contributed by atoms with Gasteiger partial charge in [-0.25, -0.2) is 0 Å². The number of piperazine rings is 1. The molecule has 0 N–H and O–H groups in total. The van der Waals surface area contributed by atoms with Crippen LogP contribution in [0.2, 0.25) is 0 Å². The Morgan fingerprint density at radius 2 is 2.00 bits per heavy atom. The molecule has 21 heavy (non-hydrogen) atoms. The fourth-order valence-corrected chi connectivity index (χ4v) is 2.69. The SMILES string of the molecule is CC1CN(c2nnc(-c3cccn3C)n2C)CC(=O)N1C. The maximum absolute atomic E-state index is 12.0. The van der Waals surface area contributed by atoms with E-state index in [1.165, 1.54) is 0 Å². The molecule has 3 heterocycles. The Bertz CT molecular complexity index is 673. The Hall–Kier alpha value is -2.31. The molecule has 0 bridgehead atoms. The number of likely N-dealkylation sites (N-methyl/N-ethyl adjacent to an activating group) is 1. The second-order valence-electron chi connectivity index (χ2n) is 5.62. The third kappa shape index (κ3) is 2.18. The topological polar surface area (TPSA) is 59.2 Å². The average Bonchev–Trinajstić information content (AvgIpc) is 3.01. The number of carbonyl (C=O) groups excluding carboxylic acids is 1. The summed E-state index contributed by atoms with van der Waals surface area (Å²) in [4.78, 5) is 15.8. The molecule has 1 aliphatic rings. The van der Waals surface area contributed by atoms with Crippen LogP contribution in [-0.4, -0.2) is 56.3 Å². The predicted molar refractivity (Wildman–Crippen MR) is 79.9 cm³/mol. The number of amides is 1. The quantitative estimate of drug-likeness (QED) is 0.807. The van der Waals surface area contributed by atoms with Crippen LogP contribution < -0.4 is 4.90 Å². The van der Waals surface area contributed by atoms with Gasteiger partial charge in [-0.15, -0.1) is 10.2 Å². The maximum atomic E-state index is 12.0. The van der Waals surface area contributed by atoms with E-state index in [0.29, 0.717) is 6.54 Å². The van der Waals surface area contributed by atoms with E-state index in [9.17, 15) is 4.79 Å². The van der Waals surface area contributed by atoms with Gasteiger partial charge in [-0.2, -0.15) is 0 Å². The summed E-state index contributed by atoms with van der Waals surface area (Å²) in [5.74, 6) is 1.65. The number of nitrogens with zero attached hydrogens (tertiary/aromatic N) is 6. The molecule has 1 saturated heterocycles. The summed E-state index contributed by atoms with van der Waals surface area (Å²) in [5, 5.41) is 8.57. The van der Waals surface area contributed by atoms with Gasteiger partial charge in [0.1, 0.15) is 0 Å². The van der Waals surface area contributed by atoms with Crippen molar-refractivity contribution in [1.29, 1.82) is 0 Å². The van der Waals surface area contributed by atoms with Crippen molar-refractivity contribution in [3.8, 4) is 11.5 Å².